The fraction of sp³-hybridized carbons (Fsp3) is 0.550. The Hall–Kier alpha value is -1.61. The zero-order chi connectivity index (χ0) is 19.1. The molecule has 0 saturated carbocycles. The van der Waals surface area contributed by atoms with Gasteiger partial charge < -0.3 is 20.1 Å². The van der Waals surface area contributed by atoms with E-state index in [9.17, 15) is 9.59 Å². The van der Waals surface area contributed by atoms with Gasteiger partial charge in [-0.2, -0.15) is 0 Å². The number of hydrogen-bond acceptors (Lipinski definition) is 6. The number of anilines is 1. The lowest BCUT2D eigenvalue weighted by Crippen LogP contribution is -2.46. The molecule has 2 aromatic rings. The molecule has 164 valence electrons. The van der Waals surface area contributed by atoms with Crippen LogP contribution in [0.2, 0.25) is 0 Å². The molecule has 5 rings (SSSR count). The van der Waals surface area contributed by atoms with Crippen LogP contribution in [0.5, 0.6) is 0 Å². The molecule has 2 aromatic heterocycles. The number of rotatable bonds is 4. The first-order chi connectivity index (χ1) is 13.7. The lowest BCUT2D eigenvalue weighted by Gasteiger charge is -2.37. The van der Waals surface area contributed by atoms with E-state index in [2.05, 4.69) is 20.5 Å². The predicted octanol–water partition coefficient (Wildman–Crippen LogP) is 2.39. The standard InChI is InChI=1S/C20H25N5O2S.2ClH/c26-18(22-10-15-12-28-20(23-15)24-5-1-2-6-24)16-3-4-17-14-7-13(8-21-9-14)11-25(17)19(16)27;;/h3-4,12-14,21H,1-2,5-11H2,(H,22,26);2*1H/t13-,14+;;/m0../s1. The molecule has 30 heavy (non-hydrogen) atoms. The monoisotopic (exact) mass is 471 g/mol. The average molecular weight is 472 g/mol. The molecule has 2 atom stereocenters. The molecule has 1 amide bonds. The summed E-state index contributed by atoms with van der Waals surface area (Å²) in [5.41, 5.74) is 1.97. The third-order valence-electron chi connectivity index (χ3n) is 6.10. The largest absolute Gasteiger partial charge is 0.348 e. The zero-order valence-corrected chi connectivity index (χ0v) is 19.1. The molecular formula is C20H27Cl2N5O2S. The number of carbonyl (C=O) groups excluding carboxylic acids is 1. The number of nitrogens with zero attached hydrogens (tertiary/aromatic N) is 3. The fourth-order valence-electron chi connectivity index (χ4n) is 4.66. The van der Waals surface area contributed by atoms with Gasteiger partial charge in [0.15, 0.2) is 5.13 Å². The second-order valence-corrected chi connectivity index (χ2v) is 8.88. The minimum atomic E-state index is -0.315. The molecule has 0 spiro atoms. The highest BCUT2D eigenvalue weighted by Crippen LogP contribution is 2.31. The number of amides is 1. The highest BCUT2D eigenvalue weighted by molar-refractivity contribution is 7.13. The van der Waals surface area contributed by atoms with Crippen LogP contribution in [-0.4, -0.2) is 41.6 Å². The van der Waals surface area contributed by atoms with E-state index in [0.29, 0.717) is 24.9 Å². The van der Waals surface area contributed by atoms with E-state index in [4.69, 9.17) is 0 Å². The number of halogens is 2. The summed E-state index contributed by atoms with van der Waals surface area (Å²) in [7, 11) is 0. The molecule has 2 bridgehead atoms. The number of aromatic nitrogens is 2. The average Bonchev–Trinajstić information content (AvgIpc) is 3.39. The number of fused-ring (bicyclic) bond motifs is 4. The van der Waals surface area contributed by atoms with Gasteiger partial charge in [-0.05, 0) is 43.9 Å². The van der Waals surface area contributed by atoms with Gasteiger partial charge in [0.05, 0.1) is 12.2 Å². The number of hydrogen-bond donors (Lipinski definition) is 2. The Bertz CT molecular complexity index is 957. The summed E-state index contributed by atoms with van der Waals surface area (Å²) in [6.45, 7) is 5.02. The van der Waals surface area contributed by atoms with Crippen LogP contribution in [0, 0.1) is 5.92 Å². The maximum atomic E-state index is 12.9. The Morgan fingerprint density at radius 2 is 2.03 bits per heavy atom. The molecule has 10 heteroatoms. The minimum absolute atomic E-state index is 0. The van der Waals surface area contributed by atoms with E-state index in [1.165, 1.54) is 12.8 Å². The third kappa shape index (κ3) is 4.37. The summed E-state index contributed by atoms with van der Waals surface area (Å²) >= 11 is 1.62. The van der Waals surface area contributed by atoms with Crippen molar-refractivity contribution in [2.75, 3.05) is 31.1 Å². The van der Waals surface area contributed by atoms with Crippen molar-refractivity contribution in [3.8, 4) is 0 Å². The lowest BCUT2D eigenvalue weighted by molar-refractivity contribution is 0.0947. The minimum Gasteiger partial charge on any atom is -0.348 e. The van der Waals surface area contributed by atoms with Gasteiger partial charge in [0.2, 0.25) is 0 Å². The van der Waals surface area contributed by atoms with E-state index in [1.54, 1.807) is 17.4 Å². The molecule has 5 heterocycles. The maximum absolute atomic E-state index is 12.9. The van der Waals surface area contributed by atoms with Crippen molar-refractivity contribution < 1.29 is 4.79 Å². The first-order valence-electron chi connectivity index (χ1n) is 10.1. The van der Waals surface area contributed by atoms with E-state index in [0.717, 1.165) is 49.1 Å². The Labute approximate surface area is 192 Å². The zero-order valence-electron chi connectivity index (χ0n) is 16.6. The van der Waals surface area contributed by atoms with Gasteiger partial charge in [-0.1, -0.05) is 0 Å². The summed E-state index contributed by atoms with van der Waals surface area (Å²) in [5.74, 6) is 0.530. The Morgan fingerprint density at radius 3 is 2.83 bits per heavy atom. The van der Waals surface area contributed by atoms with E-state index in [1.807, 2.05) is 16.0 Å². The van der Waals surface area contributed by atoms with Crippen molar-refractivity contribution in [3.05, 3.63) is 44.8 Å². The van der Waals surface area contributed by atoms with Gasteiger partial charge in [-0.25, -0.2) is 4.98 Å². The highest BCUT2D eigenvalue weighted by atomic mass is 35.5. The molecule has 2 fully saturated rings. The molecule has 3 aliphatic rings. The number of pyridine rings is 1. The van der Waals surface area contributed by atoms with Crippen molar-refractivity contribution in [3.63, 3.8) is 0 Å². The quantitative estimate of drug-likeness (QED) is 0.715. The molecule has 3 aliphatic heterocycles. The Balaban J connectivity index is 0.00000128. The Kier molecular flexibility index (Phi) is 7.44. The van der Waals surface area contributed by atoms with Gasteiger partial charge in [0.25, 0.3) is 11.5 Å². The van der Waals surface area contributed by atoms with Crippen LogP contribution >= 0.6 is 36.2 Å². The second kappa shape index (κ2) is 9.68. The van der Waals surface area contributed by atoms with E-state index >= 15 is 0 Å². The maximum Gasteiger partial charge on any atom is 0.263 e. The van der Waals surface area contributed by atoms with Gasteiger partial charge in [0, 0.05) is 43.2 Å². The topological polar surface area (TPSA) is 79.3 Å². The molecule has 0 aliphatic carbocycles. The second-order valence-electron chi connectivity index (χ2n) is 8.04. The third-order valence-corrected chi connectivity index (χ3v) is 7.05. The van der Waals surface area contributed by atoms with E-state index < -0.39 is 0 Å². The smallest absolute Gasteiger partial charge is 0.263 e. The number of carbonyl (C=O) groups is 1. The van der Waals surface area contributed by atoms with Crippen LogP contribution < -0.4 is 21.1 Å². The van der Waals surface area contributed by atoms with Crippen molar-refractivity contribution in [1.82, 2.24) is 20.2 Å². The van der Waals surface area contributed by atoms with Crippen molar-refractivity contribution in [2.45, 2.75) is 38.3 Å². The van der Waals surface area contributed by atoms with Crippen molar-refractivity contribution >= 4 is 47.2 Å². The lowest BCUT2D eigenvalue weighted by atomic mass is 9.84. The first-order valence-corrected chi connectivity index (χ1v) is 11.0. The number of thiazole rings is 1. The number of piperidine rings is 1. The normalized spacial score (nSPS) is 21.9. The molecular weight excluding hydrogens is 445 g/mol. The van der Waals surface area contributed by atoms with Gasteiger partial charge in [-0.15, -0.1) is 36.2 Å². The van der Waals surface area contributed by atoms with Crippen molar-refractivity contribution in [2.24, 2.45) is 5.92 Å². The summed E-state index contributed by atoms with van der Waals surface area (Å²) in [6.07, 6.45) is 3.55. The fourth-order valence-corrected chi connectivity index (χ4v) is 5.54. The highest BCUT2D eigenvalue weighted by Gasteiger charge is 2.31. The summed E-state index contributed by atoms with van der Waals surface area (Å²) in [4.78, 5) is 32.5. The SMILES string of the molecule is Cl.Cl.O=C(NCc1csc(N2CCCC2)n1)c1ccc2n(c1=O)C[C@@H]1CNC[C@H]2C1. The van der Waals surface area contributed by atoms with Crippen LogP contribution in [0.15, 0.2) is 22.3 Å². The molecule has 7 nitrogen and oxygen atoms in total. The van der Waals surface area contributed by atoms with Crippen LogP contribution in [0.1, 0.15) is 46.9 Å². The summed E-state index contributed by atoms with van der Waals surface area (Å²) < 4.78 is 1.82. The Morgan fingerprint density at radius 1 is 1.23 bits per heavy atom. The molecule has 2 N–H and O–H groups in total. The van der Waals surface area contributed by atoms with Crippen LogP contribution in [-0.2, 0) is 13.1 Å². The predicted molar refractivity (Wildman–Crippen MR) is 124 cm³/mol. The molecule has 0 radical (unpaired) electrons. The van der Waals surface area contributed by atoms with Gasteiger partial charge >= 0.3 is 0 Å². The van der Waals surface area contributed by atoms with Gasteiger partial charge in [0.1, 0.15) is 5.56 Å². The van der Waals surface area contributed by atoms with E-state index in [-0.39, 0.29) is 41.8 Å². The summed E-state index contributed by atoms with van der Waals surface area (Å²) in [6, 6.07) is 3.65. The van der Waals surface area contributed by atoms with Crippen molar-refractivity contribution in [1.29, 1.82) is 0 Å². The molecule has 2 saturated heterocycles. The van der Waals surface area contributed by atoms with Crippen LogP contribution in [0.25, 0.3) is 0 Å². The van der Waals surface area contributed by atoms with Crippen LogP contribution in [0.4, 0.5) is 5.13 Å². The first kappa shape index (κ1) is 23.1. The van der Waals surface area contributed by atoms with Gasteiger partial charge in [-0.3, -0.25) is 9.59 Å². The molecule has 0 aromatic carbocycles. The summed E-state index contributed by atoms with van der Waals surface area (Å²) in [5, 5.41) is 9.33. The van der Waals surface area contributed by atoms with Crippen LogP contribution in [0.3, 0.4) is 0 Å². The molecule has 0 unspecified atom stereocenters. The number of nitrogens with one attached hydrogen (secondary N) is 2.